The summed E-state index contributed by atoms with van der Waals surface area (Å²) in [6.45, 7) is 0. The first-order valence-corrected chi connectivity index (χ1v) is 6.61. The van der Waals surface area contributed by atoms with Crippen molar-refractivity contribution in [3.05, 3.63) is 29.8 Å². The van der Waals surface area contributed by atoms with E-state index in [1.54, 1.807) is 7.11 Å². The molecule has 3 N–H and O–H groups in total. The van der Waals surface area contributed by atoms with Gasteiger partial charge >= 0.3 is 0 Å². The van der Waals surface area contributed by atoms with Crippen LogP contribution >= 0.6 is 11.8 Å². The fraction of sp³-hybridized carbons (Fsp3) is 0.500. The molecule has 1 aliphatic heterocycles. The zero-order valence-electron chi connectivity index (χ0n) is 9.48. The summed E-state index contributed by atoms with van der Waals surface area (Å²) >= 11 is 2.01. The Bertz CT molecular complexity index is 322. The second-order valence-electron chi connectivity index (χ2n) is 3.97. The normalized spacial score (nSPS) is 22.0. The lowest BCUT2D eigenvalue weighted by Gasteiger charge is -2.22. The second-order valence-corrected chi connectivity index (χ2v) is 5.32. The van der Waals surface area contributed by atoms with Gasteiger partial charge in [0, 0.05) is 5.25 Å². The van der Waals surface area contributed by atoms with Gasteiger partial charge in [-0.25, -0.2) is 0 Å². The minimum atomic E-state index is 0.249. The fourth-order valence-corrected chi connectivity index (χ4v) is 3.49. The third kappa shape index (κ3) is 2.51. The predicted molar refractivity (Wildman–Crippen MR) is 68.5 cm³/mol. The molecule has 0 aliphatic carbocycles. The third-order valence-electron chi connectivity index (χ3n) is 2.99. The lowest BCUT2D eigenvalue weighted by atomic mass is 10.0. The van der Waals surface area contributed by atoms with Crippen molar-refractivity contribution in [2.75, 3.05) is 12.9 Å². The number of thioether (sulfide) groups is 1. The van der Waals surface area contributed by atoms with E-state index in [0.29, 0.717) is 5.25 Å². The van der Waals surface area contributed by atoms with Crippen LogP contribution in [0, 0.1) is 0 Å². The molecule has 0 bridgehead atoms. The van der Waals surface area contributed by atoms with E-state index in [0.717, 1.165) is 5.75 Å². The van der Waals surface area contributed by atoms with Crippen LogP contribution in [0.25, 0.3) is 0 Å². The quantitative estimate of drug-likeness (QED) is 0.623. The van der Waals surface area contributed by atoms with E-state index in [1.807, 2.05) is 23.9 Å². The monoisotopic (exact) mass is 238 g/mol. The Balaban J connectivity index is 2.12. The molecule has 2 rings (SSSR count). The van der Waals surface area contributed by atoms with Gasteiger partial charge in [0.25, 0.3) is 0 Å². The zero-order chi connectivity index (χ0) is 11.4. The van der Waals surface area contributed by atoms with Gasteiger partial charge in [0.15, 0.2) is 0 Å². The summed E-state index contributed by atoms with van der Waals surface area (Å²) in [4.78, 5) is 0. The lowest BCUT2D eigenvalue weighted by Crippen LogP contribution is -2.34. The third-order valence-corrected chi connectivity index (χ3v) is 4.45. The molecule has 88 valence electrons. The van der Waals surface area contributed by atoms with Crippen LogP contribution in [0.4, 0.5) is 0 Å². The molecule has 2 unspecified atom stereocenters. The summed E-state index contributed by atoms with van der Waals surface area (Å²) in [7, 11) is 1.68. The van der Waals surface area contributed by atoms with Gasteiger partial charge in [0.1, 0.15) is 5.75 Å². The highest BCUT2D eigenvalue weighted by atomic mass is 32.2. The number of hydrogen-bond acceptors (Lipinski definition) is 4. The average molecular weight is 238 g/mol. The van der Waals surface area contributed by atoms with Crippen LogP contribution in [0.3, 0.4) is 0 Å². The van der Waals surface area contributed by atoms with Gasteiger partial charge in [-0.1, -0.05) is 12.1 Å². The summed E-state index contributed by atoms with van der Waals surface area (Å²) in [5.41, 5.74) is 4.17. The van der Waals surface area contributed by atoms with Crippen LogP contribution < -0.4 is 16.0 Å². The number of benzene rings is 1. The topological polar surface area (TPSA) is 47.3 Å². The Morgan fingerprint density at radius 1 is 1.44 bits per heavy atom. The van der Waals surface area contributed by atoms with E-state index in [4.69, 9.17) is 10.6 Å². The number of rotatable bonds is 4. The maximum atomic E-state index is 5.66. The van der Waals surface area contributed by atoms with Crippen LogP contribution in [0.5, 0.6) is 5.75 Å². The van der Waals surface area contributed by atoms with E-state index in [9.17, 15) is 0 Å². The Kier molecular flexibility index (Phi) is 4.09. The average Bonchev–Trinajstić information content (AvgIpc) is 2.85. The van der Waals surface area contributed by atoms with Crippen molar-refractivity contribution in [2.45, 2.75) is 24.1 Å². The fourth-order valence-electron chi connectivity index (χ4n) is 2.09. The highest BCUT2D eigenvalue weighted by Gasteiger charge is 2.25. The number of nitrogens with one attached hydrogen (secondary N) is 1. The summed E-state index contributed by atoms with van der Waals surface area (Å²) < 4.78 is 5.15. The smallest absolute Gasteiger partial charge is 0.118 e. The van der Waals surface area contributed by atoms with Crippen molar-refractivity contribution in [3.8, 4) is 5.75 Å². The van der Waals surface area contributed by atoms with Crippen molar-refractivity contribution in [1.29, 1.82) is 0 Å². The standard InChI is InChI=1S/C12H18N2OS/c1-15-10-6-4-9(5-7-10)12(14-13)11-3-2-8-16-11/h4-7,11-12,14H,2-3,8,13H2,1H3. The molecule has 1 heterocycles. The minimum Gasteiger partial charge on any atom is -0.497 e. The highest BCUT2D eigenvalue weighted by molar-refractivity contribution is 8.00. The first kappa shape index (κ1) is 11.8. The van der Waals surface area contributed by atoms with Gasteiger partial charge in [-0.2, -0.15) is 11.8 Å². The molecule has 1 aromatic rings. The van der Waals surface area contributed by atoms with Crippen LogP contribution in [-0.4, -0.2) is 18.1 Å². The largest absolute Gasteiger partial charge is 0.497 e. The van der Waals surface area contributed by atoms with E-state index < -0.39 is 0 Å². The van der Waals surface area contributed by atoms with E-state index >= 15 is 0 Å². The van der Waals surface area contributed by atoms with E-state index in [-0.39, 0.29) is 6.04 Å². The highest BCUT2D eigenvalue weighted by Crippen LogP contribution is 2.35. The SMILES string of the molecule is COc1ccc(C(NN)C2CCCS2)cc1. The molecule has 1 saturated heterocycles. The van der Waals surface area contributed by atoms with E-state index in [1.165, 1.54) is 24.2 Å². The first-order chi connectivity index (χ1) is 7.85. The van der Waals surface area contributed by atoms with Crippen molar-refractivity contribution < 1.29 is 4.74 Å². The minimum absolute atomic E-state index is 0.249. The summed E-state index contributed by atoms with van der Waals surface area (Å²) in [5.74, 6) is 7.80. The number of hydrogen-bond donors (Lipinski definition) is 2. The van der Waals surface area contributed by atoms with Crippen LogP contribution in [0.1, 0.15) is 24.4 Å². The second kappa shape index (κ2) is 5.57. The van der Waals surface area contributed by atoms with Gasteiger partial charge in [-0.15, -0.1) is 0 Å². The maximum absolute atomic E-state index is 5.66. The van der Waals surface area contributed by atoms with Gasteiger partial charge in [-0.05, 0) is 36.3 Å². The Morgan fingerprint density at radius 3 is 2.69 bits per heavy atom. The zero-order valence-corrected chi connectivity index (χ0v) is 10.3. The first-order valence-electron chi connectivity index (χ1n) is 5.57. The molecule has 16 heavy (non-hydrogen) atoms. The molecular formula is C12H18N2OS. The molecule has 4 heteroatoms. The van der Waals surface area contributed by atoms with Crippen molar-refractivity contribution in [2.24, 2.45) is 5.84 Å². The Labute approximate surface area is 101 Å². The van der Waals surface area contributed by atoms with Crippen molar-refractivity contribution in [3.63, 3.8) is 0 Å². The summed E-state index contributed by atoms with van der Waals surface area (Å²) in [5, 5.41) is 0.596. The molecule has 2 atom stereocenters. The number of hydrazine groups is 1. The van der Waals surface area contributed by atoms with Crippen LogP contribution in [0.15, 0.2) is 24.3 Å². The molecule has 1 aliphatic rings. The van der Waals surface area contributed by atoms with Crippen LogP contribution in [-0.2, 0) is 0 Å². The molecule has 0 aromatic heterocycles. The van der Waals surface area contributed by atoms with Crippen molar-refractivity contribution >= 4 is 11.8 Å². The molecule has 0 spiro atoms. The lowest BCUT2D eigenvalue weighted by molar-refractivity contribution is 0.414. The van der Waals surface area contributed by atoms with Crippen molar-refractivity contribution in [1.82, 2.24) is 5.43 Å². The number of methoxy groups -OCH3 is 1. The molecular weight excluding hydrogens is 220 g/mol. The molecule has 1 fully saturated rings. The molecule has 0 saturated carbocycles. The van der Waals surface area contributed by atoms with E-state index in [2.05, 4.69) is 17.6 Å². The molecule has 1 aromatic carbocycles. The Morgan fingerprint density at radius 2 is 2.19 bits per heavy atom. The van der Waals surface area contributed by atoms with Crippen LogP contribution in [0.2, 0.25) is 0 Å². The van der Waals surface area contributed by atoms with Gasteiger partial charge in [-0.3, -0.25) is 11.3 Å². The molecule has 3 nitrogen and oxygen atoms in total. The maximum Gasteiger partial charge on any atom is 0.118 e. The summed E-state index contributed by atoms with van der Waals surface area (Å²) in [6.07, 6.45) is 2.54. The Hall–Kier alpha value is -0.710. The molecule has 0 radical (unpaired) electrons. The van der Waals surface area contributed by atoms with Gasteiger partial charge < -0.3 is 4.74 Å². The predicted octanol–water partition coefficient (Wildman–Crippen LogP) is 2.10. The molecule has 0 amide bonds. The van der Waals surface area contributed by atoms with Gasteiger partial charge in [0.2, 0.25) is 0 Å². The summed E-state index contributed by atoms with van der Waals surface area (Å²) in [6, 6.07) is 8.39. The van der Waals surface area contributed by atoms with Gasteiger partial charge in [0.05, 0.1) is 13.2 Å². The number of ether oxygens (including phenoxy) is 1. The number of nitrogens with two attached hydrogens (primary N) is 1.